The molecule has 84 valence electrons. The summed E-state index contributed by atoms with van der Waals surface area (Å²) >= 11 is 0. The Bertz CT molecular complexity index is 462. The van der Waals surface area contributed by atoms with Crippen molar-refractivity contribution in [1.29, 1.82) is 0 Å². The van der Waals surface area contributed by atoms with Gasteiger partial charge in [-0.2, -0.15) is 0 Å². The third-order valence-corrected chi connectivity index (χ3v) is 2.77. The molecule has 0 atom stereocenters. The van der Waals surface area contributed by atoms with Crippen molar-refractivity contribution in [2.45, 2.75) is 19.3 Å². The van der Waals surface area contributed by atoms with Crippen LogP contribution >= 0.6 is 0 Å². The van der Waals surface area contributed by atoms with Crippen LogP contribution < -0.4 is 0 Å². The van der Waals surface area contributed by atoms with Crippen LogP contribution in [0.1, 0.15) is 39.1 Å². The smallest absolute Gasteiger partial charge is 0.338 e. The monoisotopic (exact) mass is 220 g/mol. The summed E-state index contributed by atoms with van der Waals surface area (Å²) in [6.07, 6.45) is 1.88. The predicted molar refractivity (Wildman–Crippen MR) is 56.7 cm³/mol. The number of benzene rings is 1. The summed E-state index contributed by atoms with van der Waals surface area (Å²) in [6, 6.07) is 2.77. The molecule has 0 spiro atoms. The number of hydrogen-bond acceptors (Lipinski definition) is 4. The molecule has 1 aliphatic carbocycles. The zero-order valence-corrected chi connectivity index (χ0v) is 8.95. The van der Waals surface area contributed by atoms with E-state index < -0.39 is 5.97 Å². The fourth-order valence-electron chi connectivity index (χ4n) is 2.03. The van der Waals surface area contributed by atoms with Gasteiger partial charge in [-0.1, -0.05) is 0 Å². The van der Waals surface area contributed by atoms with E-state index in [1.54, 1.807) is 0 Å². The fourth-order valence-corrected chi connectivity index (χ4v) is 2.03. The number of Topliss-reactive ketones (excluding diaryl/α,β-unsaturated/α-hetero) is 1. The first kappa shape index (κ1) is 10.7. The maximum Gasteiger partial charge on any atom is 0.338 e. The highest BCUT2D eigenvalue weighted by atomic mass is 16.5. The second-order valence-electron chi connectivity index (χ2n) is 3.79. The Labute approximate surface area is 92.8 Å². The number of ether oxygens (including phenoxy) is 1. The molecule has 0 amide bonds. The molecule has 1 aromatic rings. The lowest BCUT2D eigenvalue weighted by Gasteiger charge is -2.17. The summed E-state index contributed by atoms with van der Waals surface area (Å²) < 4.78 is 4.63. The van der Waals surface area contributed by atoms with E-state index in [0.717, 1.165) is 6.42 Å². The highest BCUT2D eigenvalue weighted by Gasteiger charge is 2.24. The molecule has 16 heavy (non-hydrogen) atoms. The van der Waals surface area contributed by atoms with E-state index in [0.29, 0.717) is 29.5 Å². The van der Waals surface area contributed by atoms with Crippen molar-refractivity contribution in [3.63, 3.8) is 0 Å². The molecule has 0 radical (unpaired) electrons. The number of rotatable bonds is 1. The van der Waals surface area contributed by atoms with E-state index in [4.69, 9.17) is 0 Å². The molecule has 1 N–H and O–H groups in total. The zero-order valence-electron chi connectivity index (χ0n) is 8.95. The largest absolute Gasteiger partial charge is 0.508 e. The van der Waals surface area contributed by atoms with Gasteiger partial charge in [0.15, 0.2) is 5.78 Å². The second kappa shape index (κ2) is 3.96. The van der Waals surface area contributed by atoms with Crippen LogP contribution in [-0.4, -0.2) is 24.0 Å². The van der Waals surface area contributed by atoms with Crippen LogP contribution in [0.3, 0.4) is 0 Å². The number of phenolic OH excluding ortho intramolecular Hbond substituents is 1. The van der Waals surface area contributed by atoms with Gasteiger partial charge in [-0.05, 0) is 30.5 Å². The van der Waals surface area contributed by atoms with Crippen molar-refractivity contribution < 1.29 is 19.4 Å². The Morgan fingerprint density at radius 1 is 1.38 bits per heavy atom. The Kier molecular flexibility index (Phi) is 2.64. The first-order valence-electron chi connectivity index (χ1n) is 5.11. The third kappa shape index (κ3) is 1.66. The van der Waals surface area contributed by atoms with Gasteiger partial charge in [0.05, 0.1) is 12.7 Å². The number of carbonyl (C=O) groups excluding carboxylic acids is 2. The quantitative estimate of drug-likeness (QED) is 0.731. The van der Waals surface area contributed by atoms with Gasteiger partial charge in [0, 0.05) is 12.0 Å². The van der Waals surface area contributed by atoms with Crippen molar-refractivity contribution in [2.75, 3.05) is 7.11 Å². The lowest BCUT2D eigenvalue weighted by atomic mass is 9.87. The van der Waals surface area contributed by atoms with E-state index in [1.807, 2.05) is 0 Å². The molecule has 4 heteroatoms. The molecule has 0 fully saturated rings. The first-order valence-corrected chi connectivity index (χ1v) is 5.11. The zero-order chi connectivity index (χ0) is 11.7. The molecule has 2 rings (SSSR count). The lowest BCUT2D eigenvalue weighted by molar-refractivity contribution is 0.0599. The van der Waals surface area contributed by atoms with Crippen LogP contribution in [0.4, 0.5) is 0 Å². The average molecular weight is 220 g/mol. The van der Waals surface area contributed by atoms with Crippen molar-refractivity contribution in [1.82, 2.24) is 0 Å². The molecule has 0 unspecified atom stereocenters. The molecule has 0 aromatic heterocycles. The molecule has 1 aromatic carbocycles. The second-order valence-corrected chi connectivity index (χ2v) is 3.79. The van der Waals surface area contributed by atoms with E-state index >= 15 is 0 Å². The van der Waals surface area contributed by atoms with Gasteiger partial charge in [-0.15, -0.1) is 0 Å². The summed E-state index contributed by atoms with van der Waals surface area (Å²) in [5.41, 5.74) is 1.44. The molecule has 1 aliphatic rings. The Morgan fingerprint density at radius 3 is 2.81 bits per heavy atom. The molecule has 0 heterocycles. The Morgan fingerprint density at radius 2 is 2.12 bits per heavy atom. The van der Waals surface area contributed by atoms with Gasteiger partial charge in [0.1, 0.15) is 5.75 Å². The molecular weight excluding hydrogens is 208 g/mol. The first-order chi connectivity index (χ1) is 7.63. The summed E-state index contributed by atoms with van der Waals surface area (Å²) in [4.78, 5) is 23.1. The summed E-state index contributed by atoms with van der Waals surface area (Å²) in [7, 11) is 1.28. The van der Waals surface area contributed by atoms with Crippen LogP contribution in [0, 0.1) is 0 Å². The summed E-state index contributed by atoms with van der Waals surface area (Å²) in [6.45, 7) is 0. The third-order valence-electron chi connectivity index (χ3n) is 2.77. The number of carbonyl (C=O) groups is 2. The number of fused-ring (bicyclic) bond motifs is 1. The Hall–Kier alpha value is -1.84. The van der Waals surface area contributed by atoms with E-state index in [1.165, 1.54) is 19.2 Å². The van der Waals surface area contributed by atoms with Crippen molar-refractivity contribution in [3.8, 4) is 5.75 Å². The molecule has 0 aliphatic heterocycles. The molecule has 4 nitrogen and oxygen atoms in total. The molecule has 0 saturated carbocycles. The minimum Gasteiger partial charge on any atom is -0.508 e. The number of ketones is 1. The van der Waals surface area contributed by atoms with Crippen LogP contribution in [0.2, 0.25) is 0 Å². The predicted octanol–water partition coefficient (Wildman–Crippen LogP) is 1.70. The van der Waals surface area contributed by atoms with Crippen molar-refractivity contribution >= 4 is 11.8 Å². The topological polar surface area (TPSA) is 63.6 Å². The molecule has 0 bridgehead atoms. The van der Waals surface area contributed by atoms with Crippen molar-refractivity contribution in [2.24, 2.45) is 0 Å². The van der Waals surface area contributed by atoms with Gasteiger partial charge in [-0.25, -0.2) is 4.79 Å². The van der Waals surface area contributed by atoms with Crippen LogP contribution in [0.5, 0.6) is 5.75 Å². The van der Waals surface area contributed by atoms with Gasteiger partial charge in [-0.3, -0.25) is 4.79 Å². The van der Waals surface area contributed by atoms with E-state index in [-0.39, 0.29) is 11.5 Å². The average Bonchev–Trinajstić information content (AvgIpc) is 2.28. The summed E-state index contributed by atoms with van der Waals surface area (Å²) in [5, 5.41) is 9.47. The molecule has 0 saturated heterocycles. The fraction of sp³-hybridized carbons (Fsp3) is 0.333. The van der Waals surface area contributed by atoms with Gasteiger partial charge < -0.3 is 9.84 Å². The maximum atomic E-state index is 11.6. The lowest BCUT2D eigenvalue weighted by Crippen LogP contribution is -2.16. The highest BCUT2D eigenvalue weighted by molar-refractivity contribution is 6.03. The number of esters is 1. The number of aromatic hydroxyl groups is 1. The minimum atomic E-state index is -0.512. The number of phenols is 1. The van der Waals surface area contributed by atoms with Gasteiger partial charge >= 0.3 is 5.97 Å². The van der Waals surface area contributed by atoms with Crippen LogP contribution in [0.25, 0.3) is 0 Å². The van der Waals surface area contributed by atoms with Gasteiger partial charge in [0.2, 0.25) is 0 Å². The van der Waals surface area contributed by atoms with Crippen LogP contribution in [0.15, 0.2) is 12.1 Å². The SMILES string of the molecule is COC(=O)c1cc(O)cc2c1CCCC2=O. The van der Waals surface area contributed by atoms with Crippen LogP contribution in [-0.2, 0) is 11.2 Å². The standard InChI is InChI=1S/C12H12O4/c1-16-12(15)10-6-7(13)5-9-8(10)3-2-4-11(9)14/h5-6,13H,2-4H2,1H3. The Balaban J connectivity index is 2.61. The highest BCUT2D eigenvalue weighted by Crippen LogP contribution is 2.29. The number of methoxy groups -OCH3 is 1. The van der Waals surface area contributed by atoms with E-state index in [2.05, 4.69) is 4.74 Å². The minimum absolute atomic E-state index is 0.0256. The molecular formula is C12H12O4. The maximum absolute atomic E-state index is 11.6. The normalized spacial score (nSPS) is 14.4. The van der Waals surface area contributed by atoms with E-state index in [9.17, 15) is 14.7 Å². The number of hydrogen-bond donors (Lipinski definition) is 1. The van der Waals surface area contributed by atoms with Crippen molar-refractivity contribution in [3.05, 3.63) is 28.8 Å². The summed E-state index contributed by atoms with van der Waals surface area (Å²) in [5.74, 6) is -0.612. The van der Waals surface area contributed by atoms with Gasteiger partial charge in [0.25, 0.3) is 0 Å².